The number of ether oxygens (including phenoxy) is 1. The van der Waals surface area contributed by atoms with Gasteiger partial charge in [-0.3, -0.25) is 4.79 Å². The Bertz CT molecular complexity index is 624. The molecule has 0 saturated carbocycles. The van der Waals surface area contributed by atoms with Crippen LogP contribution in [-0.4, -0.2) is 32.6 Å². The largest absolute Gasteiger partial charge is 0.496 e. The first-order valence-corrected chi connectivity index (χ1v) is 8.12. The van der Waals surface area contributed by atoms with Gasteiger partial charge in [0.2, 0.25) is 10.0 Å². The molecule has 0 aliphatic carbocycles. The lowest BCUT2D eigenvalue weighted by molar-refractivity contribution is -0.139. The normalized spacial score (nSPS) is 13.0. The SMILES string of the molecule is CCCC(NS(=O)(=O)c1ccc(OC)c(C)c1C)C(=O)O. The Hall–Kier alpha value is -1.60. The Labute approximate surface area is 125 Å². The van der Waals surface area contributed by atoms with Crippen LogP contribution in [0, 0.1) is 13.8 Å². The lowest BCUT2D eigenvalue weighted by Crippen LogP contribution is -2.40. The number of hydrogen-bond acceptors (Lipinski definition) is 4. The molecule has 0 aliphatic rings. The van der Waals surface area contributed by atoms with Crippen LogP contribution >= 0.6 is 0 Å². The summed E-state index contributed by atoms with van der Waals surface area (Å²) in [6.45, 7) is 5.23. The quantitative estimate of drug-likeness (QED) is 0.801. The zero-order valence-electron chi connectivity index (χ0n) is 12.6. The number of rotatable bonds is 7. The van der Waals surface area contributed by atoms with Crippen molar-refractivity contribution in [3.8, 4) is 5.75 Å². The second-order valence-corrected chi connectivity index (χ2v) is 6.50. The van der Waals surface area contributed by atoms with Crippen LogP contribution in [0.4, 0.5) is 0 Å². The fraction of sp³-hybridized carbons (Fsp3) is 0.500. The van der Waals surface area contributed by atoms with Crippen LogP contribution in [0.25, 0.3) is 0 Å². The number of benzene rings is 1. The lowest BCUT2D eigenvalue weighted by Gasteiger charge is -2.17. The molecule has 7 heteroatoms. The van der Waals surface area contributed by atoms with Gasteiger partial charge in [-0.15, -0.1) is 0 Å². The fourth-order valence-electron chi connectivity index (χ4n) is 2.06. The van der Waals surface area contributed by atoms with Crippen LogP contribution in [0.5, 0.6) is 5.75 Å². The Balaban J connectivity index is 3.19. The fourth-order valence-corrected chi connectivity index (χ4v) is 3.58. The smallest absolute Gasteiger partial charge is 0.321 e. The van der Waals surface area contributed by atoms with E-state index < -0.39 is 22.0 Å². The summed E-state index contributed by atoms with van der Waals surface area (Å²) in [4.78, 5) is 11.2. The molecule has 0 saturated heterocycles. The number of aliphatic carboxylic acids is 1. The summed E-state index contributed by atoms with van der Waals surface area (Å²) >= 11 is 0. The van der Waals surface area contributed by atoms with Crippen LogP contribution in [-0.2, 0) is 14.8 Å². The van der Waals surface area contributed by atoms with Crippen molar-refractivity contribution in [3.05, 3.63) is 23.3 Å². The molecule has 0 radical (unpaired) electrons. The first kappa shape index (κ1) is 17.5. The molecule has 0 amide bonds. The molecule has 1 aromatic carbocycles. The van der Waals surface area contributed by atoms with E-state index in [0.717, 1.165) is 0 Å². The lowest BCUT2D eigenvalue weighted by atomic mass is 10.1. The van der Waals surface area contributed by atoms with E-state index >= 15 is 0 Å². The summed E-state index contributed by atoms with van der Waals surface area (Å²) < 4.78 is 32.1. The molecule has 0 bridgehead atoms. The van der Waals surface area contributed by atoms with E-state index in [2.05, 4.69) is 4.72 Å². The molecule has 1 rings (SSSR count). The number of hydrogen-bond donors (Lipinski definition) is 2. The molecule has 21 heavy (non-hydrogen) atoms. The molecule has 0 heterocycles. The van der Waals surface area contributed by atoms with Crippen LogP contribution in [0.15, 0.2) is 17.0 Å². The maximum Gasteiger partial charge on any atom is 0.321 e. The molecule has 0 aliphatic heterocycles. The van der Waals surface area contributed by atoms with Crippen molar-refractivity contribution in [3.63, 3.8) is 0 Å². The highest BCUT2D eigenvalue weighted by atomic mass is 32.2. The number of carboxylic acid groups (broad SMARTS) is 1. The van der Waals surface area contributed by atoms with Gasteiger partial charge in [0.05, 0.1) is 12.0 Å². The number of sulfonamides is 1. The molecule has 0 fully saturated rings. The Kier molecular flexibility index (Phi) is 5.74. The Morgan fingerprint density at radius 2 is 1.95 bits per heavy atom. The van der Waals surface area contributed by atoms with Crippen LogP contribution in [0.1, 0.15) is 30.9 Å². The Morgan fingerprint density at radius 1 is 1.33 bits per heavy atom. The summed E-state index contributed by atoms with van der Waals surface area (Å²) in [5.41, 5.74) is 1.25. The van der Waals surface area contributed by atoms with E-state index in [4.69, 9.17) is 9.84 Å². The van der Waals surface area contributed by atoms with E-state index in [9.17, 15) is 13.2 Å². The second kappa shape index (κ2) is 6.91. The molecule has 118 valence electrons. The molecule has 6 nitrogen and oxygen atoms in total. The zero-order valence-corrected chi connectivity index (χ0v) is 13.5. The minimum absolute atomic E-state index is 0.0724. The highest BCUT2D eigenvalue weighted by molar-refractivity contribution is 7.89. The summed E-state index contributed by atoms with van der Waals surface area (Å²) in [5.74, 6) is -0.585. The van der Waals surface area contributed by atoms with Crippen molar-refractivity contribution in [2.45, 2.75) is 44.6 Å². The topological polar surface area (TPSA) is 92.7 Å². The van der Waals surface area contributed by atoms with Crippen molar-refractivity contribution < 1.29 is 23.1 Å². The molecule has 0 spiro atoms. The summed E-state index contributed by atoms with van der Waals surface area (Å²) in [7, 11) is -2.38. The van der Waals surface area contributed by atoms with E-state index in [1.54, 1.807) is 26.8 Å². The number of carbonyl (C=O) groups is 1. The van der Waals surface area contributed by atoms with Crippen LogP contribution < -0.4 is 9.46 Å². The highest BCUT2D eigenvalue weighted by Gasteiger charge is 2.26. The summed E-state index contributed by atoms with van der Waals surface area (Å²) in [6.07, 6.45) is 0.808. The third kappa shape index (κ3) is 3.95. The minimum Gasteiger partial charge on any atom is -0.496 e. The van der Waals surface area contributed by atoms with Crippen molar-refractivity contribution in [2.75, 3.05) is 7.11 Å². The monoisotopic (exact) mass is 315 g/mol. The maximum atomic E-state index is 12.4. The molecule has 1 atom stereocenters. The van der Waals surface area contributed by atoms with Crippen LogP contribution in [0.3, 0.4) is 0 Å². The standard InChI is InChI=1S/C14H21NO5S/c1-5-6-11(14(16)17)15-21(18,19)13-8-7-12(20-4)9(2)10(13)3/h7-8,11,15H,5-6H2,1-4H3,(H,16,17). The van der Waals surface area contributed by atoms with Crippen molar-refractivity contribution >= 4 is 16.0 Å². The Morgan fingerprint density at radius 3 is 2.43 bits per heavy atom. The van der Waals surface area contributed by atoms with Gasteiger partial charge in [-0.2, -0.15) is 4.72 Å². The number of methoxy groups -OCH3 is 1. The van der Waals surface area contributed by atoms with Gasteiger partial charge in [0.15, 0.2) is 0 Å². The third-order valence-corrected chi connectivity index (χ3v) is 4.99. The molecule has 2 N–H and O–H groups in total. The molecule has 1 aromatic rings. The van der Waals surface area contributed by atoms with Gasteiger partial charge in [-0.1, -0.05) is 13.3 Å². The van der Waals surface area contributed by atoms with Crippen LogP contribution in [0.2, 0.25) is 0 Å². The van der Waals surface area contributed by atoms with E-state index in [1.165, 1.54) is 13.2 Å². The average Bonchev–Trinajstić information content (AvgIpc) is 2.40. The van der Waals surface area contributed by atoms with Gasteiger partial charge in [0.1, 0.15) is 11.8 Å². The summed E-state index contributed by atoms with van der Waals surface area (Å²) in [5, 5.41) is 9.07. The van der Waals surface area contributed by atoms with Crippen molar-refractivity contribution in [1.29, 1.82) is 0 Å². The van der Waals surface area contributed by atoms with Gasteiger partial charge < -0.3 is 9.84 Å². The molecular weight excluding hydrogens is 294 g/mol. The van der Waals surface area contributed by atoms with Crippen molar-refractivity contribution in [2.24, 2.45) is 0 Å². The predicted octanol–water partition coefficient (Wildman–Crippen LogP) is 1.84. The first-order valence-electron chi connectivity index (χ1n) is 6.64. The average molecular weight is 315 g/mol. The number of nitrogens with one attached hydrogen (secondary N) is 1. The predicted molar refractivity (Wildman–Crippen MR) is 79.1 cm³/mol. The summed E-state index contributed by atoms with van der Waals surface area (Å²) in [6, 6.07) is 1.86. The van der Waals surface area contributed by atoms with E-state index in [0.29, 0.717) is 23.3 Å². The molecule has 0 aromatic heterocycles. The molecule has 1 unspecified atom stereocenters. The third-order valence-electron chi connectivity index (χ3n) is 3.37. The van der Waals surface area contributed by atoms with Gasteiger partial charge >= 0.3 is 5.97 Å². The van der Waals surface area contributed by atoms with E-state index in [-0.39, 0.29) is 11.3 Å². The first-order chi connectivity index (χ1) is 9.74. The van der Waals surface area contributed by atoms with E-state index in [1.807, 2.05) is 0 Å². The van der Waals surface area contributed by atoms with Crippen molar-refractivity contribution in [1.82, 2.24) is 4.72 Å². The zero-order chi connectivity index (χ0) is 16.2. The highest BCUT2D eigenvalue weighted by Crippen LogP contribution is 2.27. The maximum absolute atomic E-state index is 12.4. The second-order valence-electron chi connectivity index (χ2n) is 4.82. The van der Waals surface area contributed by atoms with Gasteiger partial charge in [-0.05, 0) is 43.5 Å². The van der Waals surface area contributed by atoms with Gasteiger partial charge in [0, 0.05) is 0 Å². The molecular formula is C14H21NO5S. The van der Waals surface area contributed by atoms with Gasteiger partial charge in [0.25, 0.3) is 0 Å². The minimum atomic E-state index is -3.89. The number of carboxylic acids is 1. The van der Waals surface area contributed by atoms with Gasteiger partial charge in [-0.25, -0.2) is 8.42 Å².